The highest BCUT2D eigenvalue weighted by Gasteiger charge is 2.26. The number of piperazine rings is 1. The predicted molar refractivity (Wildman–Crippen MR) is 120 cm³/mol. The van der Waals surface area contributed by atoms with Gasteiger partial charge in [0.1, 0.15) is 0 Å². The van der Waals surface area contributed by atoms with E-state index >= 15 is 0 Å². The van der Waals surface area contributed by atoms with Gasteiger partial charge in [-0.3, -0.25) is 19.1 Å². The van der Waals surface area contributed by atoms with Crippen molar-refractivity contribution in [1.29, 1.82) is 0 Å². The van der Waals surface area contributed by atoms with Gasteiger partial charge in [0.05, 0.1) is 17.2 Å². The van der Waals surface area contributed by atoms with Gasteiger partial charge in [-0.15, -0.1) is 0 Å². The van der Waals surface area contributed by atoms with Crippen LogP contribution in [0, 0.1) is 0 Å². The molecule has 3 heterocycles. The summed E-state index contributed by atoms with van der Waals surface area (Å²) in [5.41, 5.74) is 1.90. The fraction of sp³-hybridized carbons (Fsp3) is 0.609. The van der Waals surface area contributed by atoms with Crippen LogP contribution in [0.2, 0.25) is 0 Å². The van der Waals surface area contributed by atoms with Crippen LogP contribution in [0.15, 0.2) is 29.3 Å². The normalized spacial score (nSPS) is 21.5. The third kappa shape index (κ3) is 4.21. The largest absolute Gasteiger partial charge is 0.369 e. The summed E-state index contributed by atoms with van der Waals surface area (Å²) in [4.78, 5) is 36.1. The van der Waals surface area contributed by atoms with Gasteiger partial charge in [0.25, 0.3) is 5.56 Å². The maximum absolute atomic E-state index is 12.6. The average molecular weight is 412 g/mol. The lowest BCUT2D eigenvalue weighted by atomic mass is 10.1. The first kappa shape index (κ1) is 20.8. The number of rotatable bonds is 4. The summed E-state index contributed by atoms with van der Waals surface area (Å²) in [6.07, 6.45) is 5.61. The molecule has 1 aromatic heterocycles. The molecule has 162 valence electrons. The van der Waals surface area contributed by atoms with Crippen molar-refractivity contribution in [3.05, 3.63) is 34.9 Å². The van der Waals surface area contributed by atoms with E-state index in [1.807, 2.05) is 44.0 Å². The summed E-state index contributed by atoms with van der Waals surface area (Å²) in [6.45, 7) is 8.80. The number of fused-ring (bicyclic) bond motifs is 1. The fourth-order valence-electron chi connectivity index (χ4n) is 4.62. The standard InChI is InChI=1S/C23H33N5O2/c1-17(2)28-16-24-21-14-18(8-9-20(21)23(28)30)27-12-10-26(11-13-27)15-19-6-4-5-7-22(29)25(19)3/h8-9,14,16-17,19H,4-7,10-13,15H2,1-3H3. The molecular weight excluding hydrogens is 378 g/mol. The van der Waals surface area contributed by atoms with Crippen LogP contribution in [0.5, 0.6) is 0 Å². The first-order valence-electron chi connectivity index (χ1n) is 11.2. The minimum absolute atomic E-state index is 0.0217. The van der Waals surface area contributed by atoms with E-state index in [4.69, 9.17) is 0 Å². The van der Waals surface area contributed by atoms with Crippen LogP contribution in [-0.2, 0) is 4.79 Å². The van der Waals surface area contributed by atoms with E-state index in [1.54, 1.807) is 10.9 Å². The molecule has 4 rings (SSSR count). The molecule has 2 saturated heterocycles. The van der Waals surface area contributed by atoms with Crippen molar-refractivity contribution >= 4 is 22.5 Å². The molecule has 2 aliphatic rings. The molecule has 1 unspecified atom stereocenters. The minimum Gasteiger partial charge on any atom is -0.369 e. The summed E-state index contributed by atoms with van der Waals surface area (Å²) >= 11 is 0. The Hall–Kier alpha value is -2.41. The van der Waals surface area contributed by atoms with Gasteiger partial charge in [-0.25, -0.2) is 4.98 Å². The highest BCUT2D eigenvalue weighted by molar-refractivity contribution is 5.81. The molecule has 7 heteroatoms. The van der Waals surface area contributed by atoms with Crippen molar-refractivity contribution in [3.63, 3.8) is 0 Å². The van der Waals surface area contributed by atoms with Crippen LogP contribution in [-0.4, -0.2) is 71.1 Å². The third-order valence-electron chi connectivity index (χ3n) is 6.65. The second-order valence-corrected chi connectivity index (χ2v) is 8.94. The van der Waals surface area contributed by atoms with Crippen LogP contribution in [0.1, 0.15) is 45.6 Å². The van der Waals surface area contributed by atoms with Gasteiger partial charge in [-0.05, 0) is 44.9 Å². The van der Waals surface area contributed by atoms with Crippen LogP contribution in [0.25, 0.3) is 10.9 Å². The second-order valence-electron chi connectivity index (χ2n) is 8.94. The van der Waals surface area contributed by atoms with Crippen molar-refractivity contribution in [2.75, 3.05) is 44.7 Å². The Morgan fingerprint density at radius 2 is 1.87 bits per heavy atom. The van der Waals surface area contributed by atoms with Gasteiger partial charge in [-0.2, -0.15) is 0 Å². The highest BCUT2D eigenvalue weighted by Crippen LogP contribution is 2.22. The van der Waals surface area contributed by atoms with E-state index in [0.717, 1.165) is 63.2 Å². The molecule has 1 aromatic carbocycles. The first-order chi connectivity index (χ1) is 14.4. The van der Waals surface area contributed by atoms with Crippen molar-refractivity contribution in [1.82, 2.24) is 19.4 Å². The summed E-state index contributed by atoms with van der Waals surface area (Å²) in [5, 5.41) is 0.676. The molecule has 0 spiro atoms. The molecule has 2 fully saturated rings. The maximum Gasteiger partial charge on any atom is 0.261 e. The van der Waals surface area contributed by atoms with Gasteiger partial charge >= 0.3 is 0 Å². The van der Waals surface area contributed by atoms with Gasteiger partial charge in [0.15, 0.2) is 0 Å². The van der Waals surface area contributed by atoms with E-state index in [1.165, 1.54) is 0 Å². The third-order valence-corrected chi connectivity index (χ3v) is 6.65. The van der Waals surface area contributed by atoms with Crippen molar-refractivity contribution in [3.8, 4) is 0 Å². The SMILES string of the molecule is CC(C)n1cnc2cc(N3CCN(CC4CCCCC(=O)N4C)CC3)ccc2c1=O. The van der Waals surface area contributed by atoms with Gasteiger partial charge in [0.2, 0.25) is 5.91 Å². The zero-order valence-corrected chi connectivity index (χ0v) is 18.4. The molecular formula is C23H33N5O2. The number of aromatic nitrogens is 2. The number of carbonyl (C=O) groups excluding carboxylic acids is 1. The number of anilines is 1. The number of benzene rings is 1. The highest BCUT2D eigenvalue weighted by atomic mass is 16.2. The molecule has 0 aliphatic carbocycles. The van der Waals surface area contributed by atoms with E-state index in [2.05, 4.69) is 14.8 Å². The summed E-state index contributed by atoms with van der Waals surface area (Å²) < 4.78 is 1.68. The number of carbonyl (C=O) groups is 1. The maximum atomic E-state index is 12.6. The van der Waals surface area contributed by atoms with Crippen LogP contribution in [0.3, 0.4) is 0 Å². The monoisotopic (exact) mass is 411 g/mol. The Morgan fingerprint density at radius 1 is 1.10 bits per heavy atom. The van der Waals surface area contributed by atoms with Crippen LogP contribution < -0.4 is 10.5 Å². The molecule has 0 radical (unpaired) electrons. The van der Waals surface area contributed by atoms with Crippen LogP contribution in [0.4, 0.5) is 5.69 Å². The van der Waals surface area contributed by atoms with Crippen LogP contribution >= 0.6 is 0 Å². The number of likely N-dealkylation sites (N-methyl/N-ethyl adjacent to an activating group) is 1. The smallest absolute Gasteiger partial charge is 0.261 e. The Bertz CT molecular complexity index is 962. The molecule has 0 N–H and O–H groups in total. The Balaban J connectivity index is 1.41. The Morgan fingerprint density at radius 3 is 2.60 bits per heavy atom. The molecule has 0 saturated carbocycles. The average Bonchev–Trinajstić information content (AvgIpc) is 2.90. The van der Waals surface area contributed by atoms with Crippen molar-refractivity contribution in [2.45, 2.75) is 51.6 Å². The zero-order valence-electron chi connectivity index (χ0n) is 18.4. The van der Waals surface area contributed by atoms with E-state index < -0.39 is 0 Å². The predicted octanol–water partition coefficient (Wildman–Crippen LogP) is 2.50. The van der Waals surface area contributed by atoms with E-state index in [9.17, 15) is 9.59 Å². The van der Waals surface area contributed by atoms with Gasteiger partial charge < -0.3 is 9.80 Å². The summed E-state index contributed by atoms with van der Waals surface area (Å²) in [5.74, 6) is 0.288. The summed E-state index contributed by atoms with van der Waals surface area (Å²) in [6, 6.07) is 6.43. The lowest BCUT2D eigenvalue weighted by Crippen LogP contribution is -2.51. The minimum atomic E-state index is 0.0217. The second kappa shape index (κ2) is 8.76. The Kier molecular flexibility index (Phi) is 6.09. The number of hydrogen-bond acceptors (Lipinski definition) is 5. The van der Waals surface area contributed by atoms with E-state index in [-0.39, 0.29) is 17.5 Å². The number of amides is 1. The van der Waals surface area contributed by atoms with Crippen molar-refractivity contribution < 1.29 is 4.79 Å². The van der Waals surface area contributed by atoms with Gasteiger partial charge in [0, 0.05) is 64.0 Å². The molecule has 2 aromatic rings. The molecule has 1 amide bonds. The Labute approximate surface area is 178 Å². The fourth-order valence-corrected chi connectivity index (χ4v) is 4.62. The lowest BCUT2D eigenvalue weighted by molar-refractivity contribution is -0.131. The number of hydrogen-bond donors (Lipinski definition) is 0. The first-order valence-corrected chi connectivity index (χ1v) is 11.2. The number of likely N-dealkylation sites (tertiary alicyclic amines) is 1. The number of nitrogens with zero attached hydrogens (tertiary/aromatic N) is 5. The zero-order chi connectivity index (χ0) is 21.3. The molecule has 0 bridgehead atoms. The molecule has 30 heavy (non-hydrogen) atoms. The quantitative estimate of drug-likeness (QED) is 0.774. The summed E-state index contributed by atoms with van der Waals surface area (Å²) in [7, 11) is 1.96. The van der Waals surface area contributed by atoms with E-state index in [0.29, 0.717) is 17.8 Å². The topological polar surface area (TPSA) is 61.7 Å². The van der Waals surface area contributed by atoms with Crippen molar-refractivity contribution in [2.24, 2.45) is 0 Å². The molecule has 2 aliphatic heterocycles. The molecule has 1 atom stereocenters. The lowest BCUT2D eigenvalue weighted by Gasteiger charge is -2.39. The van der Waals surface area contributed by atoms with Gasteiger partial charge in [-0.1, -0.05) is 6.42 Å². The molecule has 7 nitrogen and oxygen atoms in total.